The van der Waals surface area contributed by atoms with Gasteiger partial charge in [0.25, 0.3) is 0 Å². The molecule has 2 N–H and O–H groups in total. The molecule has 0 aliphatic heterocycles. The van der Waals surface area contributed by atoms with Gasteiger partial charge in [-0.15, -0.1) is 0 Å². The third kappa shape index (κ3) is 209. The quantitative estimate of drug-likeness (QED) is 0.426. The van der Waals surface area contributed by atoms with Crippen molar-refractivity contribution in [2.24, 2.45) is 0 Å². The molecule has 0 spiro atoms. The Kier molecular flexibility index (Phi) is 24.3. The van der Waals surface area contributed by atoms with Crippen LogP contribution in [0.3, 0.4) is 0 Å². The van der Waals surface area contributed by atoms with Crippen LogP contribution in [0.25, 0.3) is 0 Å². The second-order valence-electron chi connectivity index (χ2n) is 0.283. The summed E-state index contributed by atoms with van der Waals surface area (Å²) in [6.45, 7) is 0. The maximum absolute atomic E-state index is 8.56. The molecular weight excluding hydrogens is 135 g/mol. The Bertz CT molecular complexity index is 33.8. The molecule has 0 radical (unpaired) electrons. The molecule has 34 valence electrons. The number of hydrogen-bond acceptors (Lipinski definition) is 1. The maximum Gasteiger partial charge on any atom is 0.503 e. The van der Waals surface area contributed by atoms with Crippen LogP contribution in [0.5, 0.6) is 0 Å². The topological polar surface area (TPSA) is 57.5 Å². The summed E-state index contributed by atoms with van der Waals surface area (Å²) in [6, 6.07) is 0. The first-order chi connectivity index (χ1) is 1.73. The Hall–Kier alpha value is 0.517. The minimum atomic E-state index is -1.83. The molecule has 0 aliphatic rings. The molecule has 3 nitrogen and oxygen atoms in total. The van der Waals surface area contributed by atoms with Gasteiger partial charge in [-0.05, 0) is 0 Å². The Morgan fingerprint density at radius 3 is 1.33 bits per heavy atom. The van der Waals surface area contributed by atoms with Crippen molar-refractivity contribution in [3.8, 4) is 0 Å². The Labute approximate surface area is 60.4 Å². The van der Waals surface area contributed by atoms with Crippen LogP contribution >= 0.6 is 0 Å². The number of carbonyl (C=O) groups is 1. The van der Waals surface area contributed by atoms with Crippen LogP contribution in [0.15, 0.2) is 0 Å². The first kappa shape index (κ1) is 16.0. The SMILES string of the molecule is O=C(O)O.[AlH3].[Ti]. The van der Waals surface area contributed by atoms with Crippen LogP contribution in [0, 0.1) is 0 Å². The van der Waals surface area contributed by atoms with Crippen LogP contribution in [-0.4, -0.2) is 33.7 Å². The van der Waals surface area contributed by atoms with Crippen LogP contribution < -0.4 is 0 Å². The molecule has 0 aromatic carbocycles. The zero-order chi connectivity index (χ0) is 3.58. The first-order valence-corrected chi connectivity index (χ1v) is 0.651. The molecule has 0 saturated carbocycles. The molecule has 5 heteroatoms. The van der Waals surface area contributed by atoms with E-state index in [9.17, 15) is 0 Å². The van der Waals surface area contributed by atoms with Gasteiger partial charge in [0, 0.05) is 21.7 Å². The van der Waals surface area contributed by atoms with Crippen molar-refractivity contribution in [1.29, 1.82) is 0 Å². The average Bonchev–Trinajstić information content (AvgIpc) is 0.811. The minimum absolute atomic E-state index is 0. The summed E-state index contributed by atoms with van der Waals surface area (Å²) in [5.41, 5.74) is 0. The van der Waals surface area contributed by atoms with E-state index in [1.807, 2.05) is 0 Å². The number of hydrogen-bond donors (Lipinski definition) is 2. The van der Waals surface area contributed by atoms with E-state index in [0.29, 0.717) is 0 Å². The van der Waals surface area contributed by atoms with Gasteiger partial charge in [0.2, 0.25) is 0 Å². The molecule has 0 aromatic heterocycles. The summed E-state index contributed by atoms with van der Waals surface area (Å²) in [6.07, 6.45) is -1.83. The van der Waals surface area contributed by atoms with E-state index in [2.05, 4.69) is 0 Å². The van der Waals surface area contributed by atoms with Gasteiger partial charge in [-0.1, -0.05) is 0 Å². The predicted molar refractivity (Wildman–Crippen MR) is 20.6 cm³/mol. The van der Waals surface area contributed by atoms with E-state index in [-0.39, 0.29) is 39.1 Å². The summed E-state index contributed by atoms with van der Waals surface area (Å²) in [7, 11) is 0. The van der Waals surface area contributed by atoms with Gasteiger partial charge in [-0.3, -0.25) is 0 Å². The molecule has 6 heavy (non-hydrogen) atoms. The second-order valence-corrected chi connectivity index (χ2v) is 0.283. The second kappa shape index (κ2) is 9.10. The van der Waals surface area contributed by atoms with Gasteiger partial charge < -0.3 is 10.2 Å². The Morgan fingerprint density at radius 1 is 1.33 bits per heavy atom. The van der Waals surface area contributed by atoms with Crippen molar-refractivity contribution in [2.45, 2.75) is 0 Å². The third-order valence-corrected chi connectivity index (χ3v) is 0. The summed E-state index contributed by atoms with van der Waals surface area (Å²) >= 11 is 0. The van der Waals surface area contributed by atoms with E-state index in [1.54, 1.807) is 0 Å². The minimum Gasteiger partial charge on any atom is -0.450 e. The van der Waals surface area contributed by atoms with Gasteiger partial charge in [-0.2, -0.15) is 0 Å². The smallest absolute Gasteiger partial charge is 0.450 e. The van der Waals surface area contributed by atoms with E-state index >= 15 is 0 Å². The maximum atomic E-state index is 8.56. The normalized spacial score (nSPS) is 4.00. The zero-order valence-corrected chi connectivity index (χ0v) is 3.86. The fourth-order valence-electron chi connectivity index (χ4n) is 0. The Morgan fingerprint density at radius 2 is 1.33 bits per heavy atom. The molecule has 0 aliphatic carbocycles. The molecule has 0 atom stereocenters. The molecule has 0 fully saturated rings. The average molecular weight is 140 g/mol. The van der Waals surface area contributed by atoms with Gasteiger partial charge in [-0.25, -0.2) is 4.79 Å². The van der Waals surface area contributed by atoms with Crippen molar-refractivity contribution in [3.63, 3.8) is 0 Å². The van der Waals surface area contributed by atoms with Crippen molar-refractivity contribution < 1.29 is 36.7 Å². The standard InChI is InChI=1S/CH2O3.Al.Ti.3H/c2-1(3)4;;;;;/h(H2,2,3,4);;;;;. The van der Waals surface area contributed by atoms with Crippen molar-refractivity contribution in [3.05, 3.63) is 0 Å². The molecule has 0 heterocycles. The van der Waals surface area contributed by atoms with E-state index in [1.165, 1.54) is 0 Å². The summed E-state index contributed by atoms with van der Waals surface area (Å²) < 4.78 is 0. The van der Waals surface area contributed by atoms with Crippen molar-refractivity contribution >= 4 is 23.5 Å². The predicted octanol–water partition coefficient (Wildman–Crippen LogP) is -0.964. The zero-order valence-electron chi connectivity index (χ0n) is 2.30. The monoisotopic (exact) mass is 140 g/mol. The van der Waals surface area contributed by atoms with E-state index in [4.69, 9.17) is 15.0 Å². The molecule has 0 saturated heterocycles. The van der Waals surface area contributed by atoms with Gasteiger partial charge in [0.05, 0.1) is 0 Å². The molecule has 0 amide bonds. The summed E-state index contributed by atoms with van der Waals surface area (Å²) in [4.78, 5) is 8.56. The van der Waals surface area contributed by atoms with Crippen molar-refractivity contribution in [1.82, 2.24) is 0 Å². The summed E-state index contributed by atoms with van der Waals surface area (Å²) in [5.74, 6) is 0. The summed E-state index contributed by atoms with van der Waals surface area (Å²) in [5, 5.41) is 13.9. The van der Waals surface area contributed by atoms with Gasteiger partial charge in [0.15, 0.2) is 17.4 Å². The van der Waals surface area contributed by atoms with Gasteiger partial charge in [0.1, 0.15) is 0 Å². The molecule has 0 rings (SSSR count). The van der Waals surface area contributed by atoms with Crippen molar-refractivity contribution in [2.75, 3.05) is 0 Å². The third-order valence-electron chi connectivity index (χ3n) is 0. The van der Waals surface area contributed by atoms with Gasteiger partial charge >= 0.3 is 6.16 Å². The largest absolute Gasteiger partial charge is 0.503 e. The van der Waals surface area contributed by atoms with Crippen LogP contribution in [-0.2, 0) is 21.7 Å². The fourth-order valence-corrected chi connectivity index (χ4v) is 0. The van der Waals surface area contributed by atoms with E-state index < -0.39 is 6.16 Å². The van der Waals surface area contributed by atoms with Crippen LogP contribution in [0.1, 0.15) is 0 Å². The van der Waals surface area contributed by atoms with E-state index in [0.717, 1.165) is 0 Å². The molecule has 0 aromatic rings. The number of carboxylic acid groups (broad SMARTS) is 2. The number of rotatable bonds is 0. The van der Waals surface area contributed by atoms with Crippen LogP contribution in [0.4, 0.5) is 4.79 Å². The Balaban J connectivity index is -0.0000000450. The molecule has 0 unspecified atom stereocenters. The fraction of sp³-hybridized carbons (Fsp3) is 0. The molecular formula is CH5AlO3Ti. The first-order valence-electron chi connectivity index (χ1n) is 0.651. The molecule has 0 bridgehead atoms. The van der Waals surface area contributed by atoms with Crippen LogP contribution in [0.2, 0.25) is 0 Å².